The van der Waals surface area contributed by atoms with E-state index in [0.717, 1.165) is 17.7 Å². The van der Waals surface area contributed by atoms with Crippen molar-refractivity contribution in [1.29, 1.82) is 0 Å². The standard InChI is InChI=1S/C11H13N4O2/c16-11-10(9-3-5-12-6-4-9)15(17)14-8-2-1-7-13(11)14/h3-6,10H,1-2,7-8H2/q+1. The summed E-state index contributed by atoms with van der Waals surface area (Å²) in [6, 6.07) is 2.69. The predicted octanol–water partition coefficient (Wildman–Crippen LogP) is 0.670. The van der Waals surface area contributed by atoms with Crippen molar-refractivity contribution < 1.29 is 9.66 Å². The molecule has 88 valence electrons. The van der Waals surface area contributed by atoms with Crippen molar-refractivity contribution in [3.05, 3.63) is 35.0 Å². The number of hydrazine groups is 2. The van der Waals surface area contributed by atoms with Gasteiger partial charge in [0.15, 0.2) is 4.87 Å². The lowest BCUT2D eigenvalue weighted by Gasteiger charge is -2.24. The van der Waals surface area contributed by atoms with Gasteiger partial charge in [0.25, 0.3) is 0 Å². The maximum absolute atomic E-state index is 12.2. The monoisotopic (exact) mass is 233 g/mol. The summed E-state index contributed by atoms with van der Waals surface area (Å²) in [6.45, 7) is 1.26. The molecule has 2 saturated heterocycles. The molecule has 6 heteroatoms. The Balaban J connectivity index is 1.96. The molecule has 17 heavy (non-hydrogen) atoms. The van der Waals surface area contributed by atoms with Crippen LogP contribution < -0.4 is 0 Å². The second kappa shape index (κ2) is 3.80. The van der Waals surface area contributed by atoms with Crippen molar-refractivity contribution in [2.75, 3.05) is 13.1 Å². The first-order valence-electron chi connectivity index (χ1n) is 5.74. The van der Waals surface area contributed by atoms with Gasteiger partial charge >= 0.3 is 11.9 Å². The molecular weight excluding hydrogens is 220 g/mol. The number of carbonyl (C=O) groups excluding carboxylic acids is 1. The van der Waals surface area contributed by atoms with Gasteiger partial charge in [-0.2, -0.15) is 5.01 Å². The van der Waals surface area contributed by atoms with Crippen LogP contribution in [0.25, 0.3) is 0 Å². The maximum Gasteiger partial charge on any atom is 0.340 e. The number of amides is 1. The largest absolute Gasteiger partial charge is 0.340 e. The van der Waals surface area contributed by atoms with Crippen LogP contribution in [0.5, 0.6) is 0 Å². The lowest BCUT2D eigenvalue weighted by atomic mass is 10.1. The molecule has 0 aromatic carbocycles. The van der Waals surface area contributed by atoms with E-state index in [4.69, 9.17) is 0 Å². The Bertz CT molecular complexity index is 438. The highest BCUT2D eigenvalue weighted by Gasteiger charge is 2.54. The van der Waals surface area contributed by atoms with Crippen LogP contribution in [-0.2, 0) is 4.79 Å². The lowest BCUT2D eigenvalue weighted by molar-refractivity contribution is -0.740. The Morgan fingerprint density at radius 3 is 2.65 bits per heavy atom. The van der Waals surface area contributed by atoms with Gasteiger partial charge in [0.05, 0.1) is 4.91 Å². The molecule has 3 heterocycles. The lowest BCUT2D eigenvalue weighted by Crippen LogP contribution is -2.45. The quantitative estimate of drug-likeness (QED) is 0.669. The zero-order chi connectivity index (χ0) is 11.8. The summed E-state index contributed by atoms with van der Waals surface area (Å²) in [5, 5.41) is 3.07. The molecule has 0 bridgehead atoms. The third-order valence-electron chi connectivity index (χ3n) is 3.22. The fourth-order valence-corrected chi connectivity index (χ4v) is 2.36. The second-order valence-corrected chi connectivity index (χ2v) is 4.25. The number of pyridine rings is 1. The first kappa shape index (κ1) is 10.2. The molecule has 2 aliphatic rings. The molecule has 6 nitrogen and oxygen atoms in total. The van der Waals surface area contributed by atoms with Gasteiger partial charge in [-0.1, -0.05) is 0 Å². The van der Waals surface area contributed by atoms with E-state index in [2.05, 4.69) is 4.98 Å². The Morgan fingerprint density at radius 1 is 1.24 bits per heavy atom. The number of fused-ring (bicyclic) bond motifs is 1. The molecule has 2 fully saturated rings. The molecule has 0 aliphatic carbocycles. The van der Waals surface area contributed by atoms with Gasteiger partial charge in [-0.3, -0.25) is 9.78 Å². The van der Waals surface area contributed by atoms with Gasteiger partial charge in [-0.25, -0.2) is 0 Å². The van der Waals surface area contributed by atoms with E-state index in [-0.39, 0.29) is 5.91 Å². The Hall–Kier alpha value is -1.98. The number of rotatable bonds is 1. The molecule has 1 amide bonds. The van der Waals surface area contributed by atoms with Crippen molar-refractivity contribution >= 4 is 5.91 Å². The smallest absolute Gasteiger partial charge is 0.265 e. The summed E-state index contributed by atoms with van der Waals surface area (Å²) in [6.07, 6.45) is 5.11. The minimum atomic E-state index is -0.740. The van der Waals surface area contributed by atoms with Crippen molar-refractivity contribution in [1.82, 2.24) is 15.1 Å². The second-order valence-electron chi connectivity index (χ2n) is 4.25. The molecule has 0 radical (unpaired) electrons. The van der Waals surface area contributed by atoms with E-state index in [0.29, 0.717) is 18.7 Å². The summed E-state index contributed by atoms with van der Waals surface area (Å²) in [4.78, 5) is 29.0. The number of aromatic nitrogens is 1. The molecule has 0 saturated carbocycles. The Morgan fingerprint density at radius 2 is 1.94 bits per heavy atom. The van der Waals surface area contributed by atoms with Gasteiger partial charge in [0.1, 0.15) is 6.54 Å². The number of hydrogen-bond donors (Lipinski definition) is 0. The highest BCUT2D eigenvalue weighted by atomic mass is 16.4. The average Bonchev–Trinajstić information content (AvgIpc) is 2.64. The van der Waals surface area contributed by atoms with Crippen molar-refractivity contribution in [2.24, 2.45) is 0 Å². The van der Waals surface area contributed by atoms with Crippen LogP contribution in [-0.4, -0.2) is 39.0 Å². The fraction of sp³-hybridized carbons (Fsp3) is 0.455. The molecule has 2 aliphatic heterocycles. The molecule has 1 unspecified atom stereocenters. The third kappa shape index (κ3) is 1.48. The van der Waals surface area contributed by atoms with E-state index in [1.165, 1.54) is 5.12 Å². The van der Waals surface area contributed by atoms with Crippen LogP contribution in [0.3, 0.4) is 0 Å². The number of nitrogens with zero attached hydrogens (tertiary/aromatic N) is 4. The molecule has 0 spiro atoms. The van der Waals surface area contributed by atoms with Crippen LogP contribution >= 0.6 is 0 Å². The Kier molecular flexibility index (Phi) is 2.28. The highest BCUT2D eigenvalue weighted by molar-refractivity contribution is 5.82. The molecule has 1 atom stereocenters. The molecule has 0 N–H and O–H groups in total. The van der Waals surface area contributed by atoms with Crippen LogP contribution in [0, 0.1) is 4.91 Å². The number of hydrogen-bond acceptors (Lipinski definition) is 3. The van der Waals surface area contributed by atoms with E-state index in [9.17, 15) is 9.70 Å². The predicted molar refractivity (Wildman–Crippen MR) is 58.3 cm³/mol. The normalized spacial score (nSPS) is 24.1. The zero-order valence-corrected chi connectivity index (χ0v) is 9.32. The summed E-state index contributed by atoms with van der Waals surface area (Å²) >= 11 is 0. The zero-order valence-electron chi connectivity index (χ0n) is 9.32. The molecule has 1 aromatic rings. The van der Waals surface area contributed by atoms with E-state index < -0.39 is 6.04 Å². The minimum Gasteiger partial charge on any atom is -0.265 e. The molecule has 3 rings (SSSR count). The highest BCUT2D eigenvalue weighted by Crippen LogP contribution is 2.30. The van der Waals surface area contributed by atoms with Crippen molar-refractivity contribution in [3.8, 4) is 0 Å². The summed E-state index contributed by atoms with van der Waals surface area (Å²) < 4.78 is 0. The minimum absolute atomic E-state index is 0.133. The first-order chi connectivity index (χ1) is 8.29. The van der Waals surface area contributed by atoms with Gasteiger partial charge in [-0.15, -0.1) is 0 Å². The molecular formula is C11H13N4O2+. The molecule has 1 aromatic heterocycles. The Labute approximate surface area is 98.4 Å². The van der Waals surface area contributed by atoms with Crippen molar-refractivity contribution in [3.63, 3.8) is 0 Å². The summed E-state index contributed by atoms with van der Waals surface area (Å²) in [5.41, 5.74) is 0.703. The van der Waals surface area contributed by atoms with Gasteiger partial charge < -0.3 is 0 Å². The van der Waals surface area contributed by atoms with Gasteiger partial charge in [-0.05, 0) is 30.1 Å². The van der Waals surface area contributed by atoms with Crippen LogP contribution in [0.2, 0.25) is 0 Å². The van der Waals surface area contributed by atoms with Crippen molar-refractivity contribution in [2.45, 2.75) is 18.9 Å². The number of carbonyl (C=O) groups is 1. The first-order valence-corrected chi connectivity index (χ1v) is 5.74. The van der Waals surface area contributed by atoms with E-state index >= 15 is 0 Å². The van der Waals surface area contributed by atoms with E-state index in [1.54, 1.807) is 29.5 Å². The van der Waals surface area contributed by atoms with Gasteiger partial charge in [0, 0.05) is 24.5 Å². The third-order valence-corrected chi connectivity index (χ3v) is 3.22. The van der Waals surface area contributed by atoms with Crippen LogP contribution in [0.4, 0.5) is 0 Å². The SMILES string of the molecule is O=C1C(c2ccncc2)[N+](=O)N2CCCCN12. The average molecular weight is 233 g/mol. The van der Waals surface area contributed by atoms with Gasteiger partial charge in [0.2, 0.25) is 0 Å². The maximum atomic E-state index is 12.2. The van der Waals surface area contributed by atoms with Crippen LogP contribution in [0.15, 0.2) is 24.5 Å². The van der Waals surface area contributed by atoms with Crippen LogP contribution in [0.1, 0.15) is 24.4 Å². The number of nitroso groups, excluding NO2 is 1. The fourth-order valence-electron chi connectivity index (χ4n) is 2.36. The summed E-state index contributed by atoms with van der Waals surface area (Å²) in [7, 11) is 0. The summed E-state index contributed by atoms with van der Waals surface area (Å²) in [5.74, 6) is -0.133. The van der Waals surface area contributed by atoms with E-state index in [1.807, 2.05) is 0 Å². The topological polar surface area (TPSA) is 56.5 Å².